The maximum Gasteiger partial charge on any atom is 0.0848 e. The van der Waals surface area contributed by atoms with Crippen molar-refractivity contribution in [2.24, 2.45) is 9.98 Å². The van der Waals surface area contributed by atoms with E-state index in [9.17, 15) is 0 Å². The summed E-state index contributed by atoms with van der Waals surface area (Å²) in [6.07, 6.45) is 18.7. The first-order valence-electron chi connectivity index (χ1n) is 12.3. The normalized spacial score (nSPS) is 12.2. The number of para-hydroxylation sites is 2. The summed E-state index contributed by atoms with van der Waals surface area (Å²) >= 11 is 0. The van der Waals surface area contributed by atoms with E-state index in [4.69, 9.17) is 9.98 Å². The molecule has 0 unspecified atom stereocenters. The summed E-state index contributed by atoms with van der Waals surface area (Å²) in [6, 6.07) is 20.3. The number of rotatable bonds is 15. The molecule has 2 rings (SSSR count). The average molecular weight is 523 g/mol. The second-order valence-electron chi connectivity index (χ2n) is 8.10. The molecule has 0 aliphatic rings. The molecule has 0 radical (unpaired) electrons. The molecule has 0 spiro atoms. The number of hydrogen-bond donors (Lipinski definition) is 0. The Hall–Kier alpha value is -1.82. The minimum atomic E-state index is 0. The van der Waals surface area contributed by atoms with E-state index in [0.717, 1.165) is 35.6 Å². The minimum Gasteiger partial charge on any atom is -0.251 e. The summed E-state index contributed by atoms with van der Waals surface area (Å²) < 4.78 is 0. The van der Waals surface area contributed by atoms with Gasteiger partial charge >= 0.3 is 0 Å². The van der Waals surface area contributed by atoms with Gasteiger partial charge in [0.1, 0.15) is 0 Å². The largest absolute Gasteiger partial charge is 0.251 e. The van der Waals surface area contributed by atoms with Gasteiger partial charge in [-0.25, -0.2) is 4.99 Å². The minimum absolute atomic E-state index is 0. The van der Waals surface area contributed by atoms with Crippen LogP contribution in [0.3, 0.4) is 0 Å². The molecule has 0 bridgehead atoms. The van der Waals surface area contributed by atoms with Gasteiger partial charge in [-0.1, -0.05) is 108 Å². The molecular weight excluding hydrogens is 483 g/mol. The molecular formula is C29H40N2Pd. The number of allylic oxidation sites excluding steroid dienone is 2. The van der Waals surface area contributed by atoms with Crippen LogP contribution in [0.4, 0.5) is 11.4 Å². The van der Waals surface area contributed by atoms with Gasteiger partial charge in [-0.3, -0.25) is 4.99 Å². The predicted octanol–water partition coefficient (Wildman–Crippen LogP) is 9.42. The van der Waals surface area contributed by atoms with Crippen LogP contribution in [0.25, 0.3) is 0 Å². The first kappa shape index (κ1) is 28.2. The number of nitrogens with zero attached hydrogens (tertiary/aromatic N) is 2. The second kappa shape index (κ2) is 18.7. The molecule has 3 heteroatoms. The van der Waals surface area contributed by atoms with Crippen molar-refractivity contribution in [3.05, 3.63) is 72.8 Å². The van der Waals surface area contributed by atoms with Crippen molar-refractivity contribution in [1.29, 1.82) is 0 Å². The van der Waals surface area contributed by atoms with Crippen LogP contribution < -0.4 is 0 Å². The van der Waals surface area contributed by atoms with Gasteiger partial charge in [0.25, 0.3) is 0 Å². The van der Waals surface area contributed by atoms with E-state index in [1.807, 2.05) is 60.7 Å². The van der Waals surface area contributed by atoms with E-state index in [1.165, 1.54) is 57.8 Å². The third kappa shape index (κ3) is 12.3. The smallest absolute Gasteiger partial charge is 0.0848 e. The van der Waals surface area contributed by atoms with Gasteiger partial charge in [-0.05, 0) is 49.6 Å². The number of aliphatic imine (C=N–C) groups is 2. The first-order valence-corrected chi connectivity index (χ1v) is 12.3. The fourth-order valence-corrected chi connectivity index (χ4v) is 3.58. The van der Waals surface area contributed by atoms with E-state index >= 15 is 0 Å². The van der Waals surface area contributed by atoms with Gasteiger partial charge < -0.3 is 0 Å². The van der Waals surface area contributed by atoms with Crippen molar-refractivity contribution in [1.82, 2.24) is 0 Å². The molecule has 0 aromatic heterocycles. The zero-order chi connectivity index (χ0) is 22.0. The fourth-order valence-electron chi connectivity index (χ4n) is 3.58. The summed E-state index contributed by atoms with van der Waals surface area (Å²) in [5.74, 6) is 0. The van der Waals surface area contributed by atoms with Crippen molar-refractivity contribution < 1.29 is 20.4 Å². The van der Waals surface area contributed by atoms with Gasteiger partial charge in [0.05, 0.1) is 22.8 Å². The maximum atomic E-state index is 4.91. The predicted molar refractivity (Wildman–Crippen MR) is 138 cm³/mol. The summed E-state index contributed by atoms with van der Waals surface area (Å²) in [5, 5.41) is 0. The van der Waals surface area contributed by atoms with Crippen LogP contribution in [-0.4, -0.2) is 11.4 Å². The maximum absolute atomic E-state index is 4.91. The molecule has 0 aliphatic carbocycles. The van der Waals surface area contributed by atoms with E-state index in [-0.39, 0.29) is 20.4 Å². The molecule has 2 aromatic rings. The average Bonchev–Trinajstić information content (AvgIpc) is 2.81. The summed E-state index contributed by atoms with van der Waals surface area (Å²) in [7, 11) is 0. The molecule has 0 atom stereocenters. The quantitative estimate of drug-likeness (QED) is 0.126. The van der Waals surface area contributed by atoms with E-state index in [1.54, 1.807) is 0 Å². The third-order valence-electron chi connectivity index (χ3n) is 5.41. The number of unbranched alkanes of at least 4 members (excludes halogenated alkanes) is 9. The Balaban J connectivity index is 0.00000512. The van der Waals surface area contributed by atoms with Gasteiger partial charge in [0, 0.05) is 20.4 Å². The number of hydrogen-bond acceptors (Lipinski definition) is 2. The van der Waals surface area contributed by atoms with Crippen LogP contribution in [0, 0.1) is 0 Å². The van der Waals surface area contributed by atoms with Crippen LogP contribution in [0.15, 0.2) is 82.8 Å². The SMILES string of the molecule is CCCCCCCCCCCC=CC(=Nc1ccccc1)C(CC)=Nc1ccccc1.[Pd]. The topological polar surface area (TPSA) is 24.7 Å². The van der Waals surface area contributed by atoms with Crippen molar-refractivity contribution in [2.75, 3.05) is 0 Å². The van der Waals surface area contributed by atoms with Crippen LogP contribution in [0.5, 0.6) is 0 Å². The van der Waals surface area contributed by atoms with Crippen molar-refractivity contribution in [3.8, 4) is 0 Å². The zero-order valence-electron chi connectivity index (χ0n) is 19.9. The molecule has 0 heterocycles. The summed E-state index contributed by atoms with van der Waals surface area (Å²) in [6.45, 7) is 4.43. The van der Waals surface area contributed by atoms with E-state index in [0.29, 0.717) is 0 Å². The van der Waals surface area contributed by atoms with Crippen molar-refractivity contribution in [2.45, 2.75) is 84.5 Å². The summed E-state index contributed by atoms with van der Waals surface area (Å²) in [4.78, 5) is 9.79. The molecule has 0 amide bonds. The van der Waals surface area contributed by atoms with Crippen molar-refractivity contribution in [3.63, 3.8) is 0 Å². The Morgan fingerprint density at radius 1 is 0.656 bits per heavy atom. The fraction of sp³-hybridized carbons (Fsp3) is 0.448. The van der Waals surface area contributed by atoms with Gasteiger partial charge in [0.2, 0.25) is 0 Å². The summed E-state index contributed by atoms with van der Waals surface area (Å²) in [5.41, 5.74) is 3.94. The molecule has 32 heavy (non-hydrogen) atoms. The van der Waals surface area contributed by atoms with Gasteiger partial charge in [0.15, 0.2) is 0 Å². The molecule has 0 saturated carbocycles. The van der Waals surface area contributed by atoms with Crippen LogP contribution in [0.1, 0.15) is 84.5 Å². The van der Waals surface area contributed by atoms with Crippen LogP contribution in [-0.2, 0) is 20.4 Å². The second-order valence-corrected chi connectivity index (χ2v) is 8.10. The van der Waals surface area contributed by atoms with Crippen molar-refractivity contribution >= 4 is 22.8 Å². The molecule has 2 nitrogen and oxygen atoms in total. The Labute approximate surface area is 210 Å². The molecule has 176 valence electrons. The Morgan fingerprint density at radius 3 is 1.69 bits per heavy atom. The van der Waals surface area contributed by atoms with E-state index < -0.39 is 0 Å². The molecule has 0 aliphatic heterocycles. The van der Waals surface area contributed by atoms with Gasteiger partial charge in [-0.15, -0.1) is 0 Å². The van der Waals surface area contributed by atoms with Gasteiger partial charge in [-0.2, -0.15) is 0 Å². The first-order chi connectivity index (χ1) is 15.3. The zero-order valence-corrected chi connectivity index (χ0v) is 21.5. The van der Waals surface area contributed by atoms with Crippen LogP contribution >= 0.6 is 0 Å². The Bertz CT molecular complexity index is 794. The molecule has 0 fully saturated rings. The van der Waals surface area contributed by atoms with Crippen LogP contribution in [0.2, 0.25) is 0 Å². The Morgan fingerprint density at radius 2 is 1.16 bits per heavy atom. The molecule has 0 saturated heterocycles. The third-order valence-corrected chi connectivity index (χ3v) is 5.41. The monoisotopic (exact) mass is 522 g/mol. The standard InChI is InChI=1S/C29H40N2.Pd/c1-3-5-6-7-8-9-10-11-12-13-20-25-29(31-27-23-18-15-19-24-27)28(4-2)30-26-21-16-14-17-22-26;/h14-25H,3-13H2,1-2H3;. The number of benzene rings is 2. The molecule has 0 N–H and O–H groups in total. The Kier molecular flexibility index (Phi) is 16.5. The molecule has 2 aromatic carbocycles. The van der Waals surface area contributed by atoms with E-state index in [2.05, 4.69) is 26.0 Å².